The van der Waals surface area contributed by atoms with Crippen LogP contribution in [0.4, 0.5) is 4.79 Å². The number of nitrogens with zero attached hydrogens (tertiary/aromatic N) is 3. The van der Waals surface area contributed by atoms with E-state index >= 15 is 0 Å². The number of aliphatic hydroxyl groups is 1. The first-order valence-electron chi connectivity index (χ1n) is 15.2. The van der Waals surface area contributed by atoms with E-state index in [0.29, 0.717) is 5.56 Å². The minimum atomic E-state index is -4.08. The first kappa shape index (κ1) is 36.2. The first-order chi connectivity index (χ1) is 21.8. The third-order valence-electron chi connectivity index (χ3n) is 7.45. The van der Waals surface area contributed by atoms with E-state index in [0.717, 1.165) is 16.0 Å². The van der Waals surface area contributed by atoms with Crippen LogP contribution in [0.5, 0.6) is 0 Å². The fourth-order valence-electron chi connectivity index (χ4n) is 5.24. The van der Waals surface area contributed by atoms with Gasteiger partial charge in [0.15, 0.2) is 0 Å². The molecule has 248 valence electrons. The molecule has 0 unspecified atom stereocenters. The summed E-state index contributed by atoms with van der Waals surface area (Å²) in [5, 5.41) is 36.4. The number of hydrogen-bond donors (Lipinski definition) is 4. The quantitative estimate of drug-likeness (QED) is 0.101. The molecule has 2 amide bonds. The lowest BCUT2D eigenvalue weighted by atomic mass is 9.97. The molecule has 0 aliphatic heterocycles. The molecule has 0 spiro atoms. The number of aliphatic hydroxyl groups excluding tert-OH is 1. The smallest absolute Gasteiger partial charge is 0.408 e. The highest BCUT2D eigenvalue weighted by Crippen LogP contribution is 2.21. The van der Waals surface area contributed by atoms with Crippen molar-refractivity contribution in [2.75, 3.05) is 13.1 Å². The van der Waals surface area contributed by atoms with Crippen molar-refractivity contribution in [3.8, 4) is 0 Å². The lowest BCUT2D eigenvalue weighted by Crippen LogP contribution is -2.57. The fourth-order valence-corrected chi connectivity index (χ4v) is 6.87. The Kier molecular flexibility index (Phi) is 13.3. The van der Waals surface area contributed by atoms with Gasteiger partial charge in [-0.1, -0.05) is 106 Å². The van der Waals surface area contributed by atoms with Gasteiger partial charge in [0.2, 0.25) is 15.9 Å². The van der Waals surface area contributed by atoms with Crippen LogP contribution in [0.15, 0.2) is 95.0 Å². The van der Waals surface area contributed by atoms with Gasteiger partial charge in [-0.25, -0.2) is 13.2 Å². The van der Waals surface area contributed by atoms with Crippen LogP contribution in [-0.2, 0) is 27.8 Å². The van der Waals surface area contributed by atoms with Crippen LogP contribution in [0.25, 0.3) is 0 Å². The number of amides is 2. The molecule has 12 heteroatoms. The van der Waals surface area contributed by atoms with Crippen molar-refractivity contribution in [1.29, 1.82) is 0 Å². The molecule has 0 aliphatic rings. The van der Waals surface area contributed by atoms with E-state index in [1.165, 1.54) is 34.8 Å². The molecule has 0 aliphatic carbocycles. The third kappa shape index (κ3) is 10.1. The second-order valence-electron chi connectivity index (χ2n) is 12.0. The second kappa shape index (κ2) is 16.9. The average molecular weight is 653 g/mol. The van der Waals surface area contributed by atoms with E-state index in [9.17, 15) is 28.2 Å². The lowest BCUT2D eigenvalue weighted by Gasteiger charge is -2.35. The molecule has 0 fully saturated rings. The maximum atomic E-state index is 13.9. The Labute approximate surface area is 271 Å². The van der Waals surface area contributed by atoms with Crippen molar-refractivity contribution in [1.82, 2.24) is 14.5 Å². The van der Waals surface area contributed by atoms with Gasteiger partial charge in [0, 0.05) is 19.6 Å². The van der Waals surface area contributed by atoms with Crippen molar-refractivity contribution in [2.24, 2.45) is 17.0 Å². The summed E-state index contributed by atoms with van der Waals surface area (Å²) in [6.07, 6.45) is -1.25. The van der Waals surface area contributed by atoms with Crippen LogP contribution < -0.4 is 5.32 Å². The van der Waals surface area contributed by atoms with Crippen LogP contribution in [0, 0.1) is 11.8 Å². The number of carbonyl (C=O) groups excluding carboxylic acids is 1. The van der Waals surface area contributed by atoms with Crippen LogP contribution in [-0.4, -0.2) is 82.5 Å². The van der Waals surface area contributed by atoms with E-state index < -0.39 is 46.1 Å². The van der Waals surface area contributed by atoms with Gasteiger partial charge < -0.3 is 20.7 Å². The molecule has 0 heterocycles. The number of benzene rings is 3. The second-order valence-corrected chi connectivity index (χ2v) is 13.9. The molecule has 4 N–H and O–H groups in total. The van der Waals surface area contributed by atoms with E-state index in [1.54, 1.807) is 38.1 Å². The Balaban J connectivity index is 1.94. The van der Waals surface area contributed by atoms with E-state index in [1.807, 2.05) is 50.2 Å². The maximum Gasteiger partial charge on any atom is 0.408 e. The predicted molar refractivity (Wildman–Crippen MR) is 176 cm³/mol. The van der Waals surface area contributed by atoms with Crippen LogP contribution in [0.2, 0.25) is 0 Å². The number of sulfonamides is 1. The molecule has 11 nitrogen and oxygen atoms in total. The Morgan fingerprint density at radius 2 is 1.43 bits per heavy atom. The van der Waals surface area contributed by atoms with Gasteiger partial charge in [-0.15, -0.1) is 0 Å². The zero-order valence-corrected chi connectivity index (χ0v) is 27.4. The van der Waals surface area contributed by atoms with Crippen LogP contribution >= 0.6 is 0 Å². The lowest BCUT2D eigenvalue weighted by molar-refractivity contribution is -0.129. The van der Waals surface area contributed by atoms with Gasteiger partial charge in [0.05, 0.1) is 23.3 Å². The highest BCUT2D eigenvalue weighted by atomic mass is 32.2. The largest absolute Gasteiger partial charge is 0.465 e. The highest BCUT2D eigenvalue weighted by molar-refractivity contribution is 7.89. The van der Waals surface area contributed by atoms with E-state index in [2.05, 4.69) is 10.5 Å². The number of carboxylic acid groups (broad SMARTS) is 1. The predicted octanol–water partition coefficient (Wildman–Crippen LogP) is 4.43. The van der Waals surface area contributed by atoms with Gasteiger partial charge in [-0.3, -0.25) is 9.69 Å². The highest BCUT2D eigenvalue weighted by Gasteiger charge is 2.36. The summed E-state index contributed by atoms with van der Waals surface area (Å²) in [6.45, 7) is 6.99. The fraction of sp³-hybridized carbons (Fsp3) is 0.382. The molecule has 3 aromatic carbocycles. The molecule has 0 aromatic heterocycles. The molecule has 3 aromatic rings. The Morgan fingerprint density at radius 3 is 1.93 bits per heavy atom. The van der Waals surface area contributed by atoms with Crippen molar-refractivity contribution >= 4 is 28.2 Å². The maximum absolute atomic E-state index is 13.9. The summed E-state index contributed by atoms with van der Waals surface area (Å²) in [7, 11) is -4.08. The molecule has 0 radical (unpaired) electrons. The Hall–Kier alpha value is -4.26. The van der Waals surface area contributed by atoms with E-state index in [4.69, 9.17) is 5.21 Å². The van der Waals surface area contributed by atoms with Crippen molar-refractivity contribution in [3.63, 3.8) is 0 Å². The van der Waals surface area contributed by atoms with Crippen molar-refractivity contribution in [3.05, 3.63) is 102 Å². The van der Waals surface area contributed by atoms with Crippen LogP contribution in [0.1, 0.15) is 44.4 Å². The summed E-state index contributed by atoms with van der Waals surface area (Å²) >= 11 is 0. The van der Waals surface area contributed by atoms with E-state index in [-0.39, 0.29) is 36.9 Å². The third-order valence-corrected chi connectivity index (χ3v) is 9.30. The summed E-state index contributed by atoms with van der Waals surface area (Å²) in [6, 6.07) is 21.9. The summed E-state index contributed by atoms with van der Waals surface area (Å²) in [4.78, 5) is 27.4. The summed E-state index contributed by atoms with van der Waals surface area (Å²) < 4.78 is 28.8. The molecule has 0 bridgehead atoms. The zero-order valence-electron chi connectivity index (χ0n) is 26.6. The molecule has 0 saturated carbocycles. The first-order valence-corrected chi connectivity index (χ1v) is 16.6. The summed E-state index contributed by atoms with van der Waals surface area (Å²) in [5.41, 5.74) is 2.02. The monoisotopic (exact) mass is 652 g/mol. The number of rotatable bonds is 16. The standard InChI is InChI=1S/C34H44N4O7S/c1-24(2)21-37(46(44,45)29-17-15-27(16-18-29)20-35-43)23-31(39)30(19-26-11-7-5-8-12-26)36-33(40)32(25(3)4)38(34(41)42)22-28-13-9-6-10-14-28/h5-18,20,24-25,30-32,39,43H,19,21-23H2,1-4H3,(H,36,40)(H,41,42)/b35-20+/t30-,31+,32-/m0/s1. The molecule has 3 rings (SSSR count). The summed E-state index contributed by atoms with van der Waals surface area (Å²) in [5.74, 6) is -1.09. The van der Waals surface area contributed by atoms with Gasteiger partial charge in [-0.2, -0.15) is 4.31 Å². The minimum Gasteiger partial charge on any atom is -0.465 e. The topological polar surface area (TPSA) is 160 Å². The zero-order chi connectivity index (χ0) is 33.9. The number of oxime groups is 1. The SMILES string of the molecule is CC(C)CN(C[C@@H](O)[C@H](Cc1ccccc1)NC(=O)[C@H](C(C)C)N(Cc1ccccc1)C(=O)O)S(=O)(=O)c1ccc(/C=N/O)cc1. The molecular weight excluding hydrogens is 608 g/mol. The van der Waals surface area contributed by atoms with Gasteiger partial charge in [0.25, 0.3) is 0 Å². The number of carbonyl (C=O) groups is 2. The molecule has 0 saturated heterocycles. The van der Waals surface area contributed by atoms with Crippen molar-refractivity contribution < 1.29 is 33.4 Å². The Morgan fingerprint density at radius 1 is 0.870 bits per heavy atom. The number of hydrogen-bond acceptors (Lipinski definition) is 7. The normalized spacial score (nSPS) is 14.0. The van der Waals surface area contributed by atoms with Gasteiger partial charge in [-0.05, 0) is 47.1 Å². The molecular formula is C34H44N4O7S. The van der Waals surface area contributed by atoms with Crippen molar-refractivity contribution in [2.45, 2.75) is 63.7 Å². The number of nitrogens with one attached hydrogen (secondary N) is 1. The van der Waals surface area contributed by atoms with Crippen LogP contribution in [0.3, 0.4) is 0 Å². The minimum absolute atomic E-state index is 0.00281. The molecule has 46 heavy (non-hydrogen) atoms. The Bertz CT molecular complexity index is 1530. The molecule has 3 atom stereocenters. The van der Waals surface area contributed by atoms with Gasteiger partial charge in [0.1, 0.15) is 6.04 Å². The average Bonchev–Trinajstić information content (AvgIpc) is 3.01. The van der Waals surface area contributed by atoms with Gasteiger partial charge >= 0.3 is 6.09 Å².